The molecule has 1 aliphatic rings. The molecular weight excluding hydrogens is 290 g/mol. The quantitative estimate of drug-likeness (QED) is 0.921. The molecule has 0 saturated carbocycles. The highest BCUT2D eigenvalue weighted by molar-refractivity contribution is 7.91. The van der Waals surface area contributed by atoms with Gasteiger partial charge in [-0.25, -0.2) is 8.42 Å². The van der Waals surface area contributed by atoms with Crippen molar-refractivity contribution in [3.63, 3.8) is 0 Å². The second-order valence-corrected chi connectivity index (χ2v) is 7.81. The van der Waals surface area contributed by atoms with Crippen LogP contribution >= 0.6 is 0 Å². The molecule has 1 unspecified atom stereocenters. The van der Waals surface area contributed by atoms with Gasteiger partial charge in [-0.1, -0.05) is 6.07 Å². The van der Waals surface area contributed by atoms with E-state index >= 15 is 0 Å². The van der Waals surface area contributed by atoms with Gasteiger partial charge in [0.2, 0.25) is 5.91 Å². The van der Waals surface area contributed by atoms with E-state index in [-0.39, 0.29) is 35.5 Å². The zero-order valence-corrected chi connectivity index (χ0v) is 13.2. The summed E-state index contributed by atoms with van der Waals surface area (Å²) in [5, 5.41) is 9.60. The van der Waals surface area contributed by atoms with Crippen LogP contribution in [0.15, 0.2) is 18.2 Å². The molecule has 1 aromatic rings. The summed E-state index contributed by atoms with van der Waals surface area (Å²) in [6.45, 7) is 4.24. The van der Waals surface area contributed by atoms with E-state index in [1.54, 1.807) is 23.1 Å². The molecule has 1 fully saturated rings. The van der Waals surface area contributed by atoms with Crippen LogP contribution in [-0.4, -0.2) is 37.5 Å². The van der Waals surface area contributed by atoms with E-state index in [1.165, 1.54) is 0 Å². The Morgan fingerprint density at radius 1 is 1.43 bits per heavy atom. The van der Waals surface area contributed by atoms with Gasteiger partial charge in [0.05, 0.1) is 17.2 Å². The van der Waals surface area contributed by atoms with Gasteiger partial charge in [0, 0.05) is 19.0 Å². The summed E-state index contributed by atoms with van der Waals surface area (Å²) < 4.78 is 22.9. The lowest BCUT2D eigenvalue weighted by Crippen LogP contribution is -2.32. The summed E-state index contributed by atoms with van der Waals surface area (Å²) in [7, 11) is -2.96. The predicted molar refractivity (Wildman–Crippen MR) is 82.2 cm³/mol. The minimum Gasteiger partial charge on any atom is -0.508 e. The Morgan fingerprint density at radius 2 is 2.14 bits per heavy atom. The molecule has 1 atom stereocenters. The first-order chi connectivity index (χ1) is 9.82. The van der Waals surface area contributed by atoms with E-state index in [4.69, 9.17) is 0 Å². The van der Waals surface area contributed by atoms with Crippen LogP contribution in [0.1, 0.15) is 25.3 Å². The third kappa shape index (κ3) is 3.75. The first-order valence-corrected chi connectivity index (χ1v) is 8.95. The first-order valence-electron chi connectivity index (χ1n) is 7.13. The lowest BCUT2D eigenvalue weighted by atomic mass is 10.0. The fourth-order valence-electron chi connectivity index (χ4n) is 2.76. The van der Waals surface area contributed by atoms with Crippen molar-refractivity contribution < 1.29 is 18.3 Å². The van der Waals surface area contributed by atoms with Crippen molar-refractivity contribution in [2.45, 2.75) is 26.7 Å². The second kappa shape index (κ2) is 6.05. The number of anilines is 1. The number of benzene rings is 1. The maximum Gasteiger partial charge on any atom is 0.227 e. The standard InChI is InChI=1S/C15H21NO4S/c1-3-16(14-9-13(17)5-4-11(14)2)15(18)8-12-6-7-21(19,20)10-12/h4-5,9,12,17H,3,6-8,10H2,1-2H3. The molecule has 1 aromatic carbocycles. The Balaban J connectivity index is 2.14. The lowest BCUT2D eigenvalue weighted by Gasteiger charge is -2.24. The molecule has 2 rings (SSSR count). The van der Waals surface area contributed by atoms with Gasteiger partial charge >= 0.3 is 0 Å². The average Bonchev–Trinajstić information content (AvgIpc) is 2.73. The van der Waals surface area contributed by atoms with E-state index in [2.05, 4.69) is 0 Å². The molecule has 0 aromatic heterocycles. The summed E-state index contributed by atoms with van der Waals surface area (Å²) in [5.74, 6) is 0.227. The highest BCUT2D eigenvalue weighted by atomic mass is 32.2. The van der Waals surface area contributed by atoms with Crippen LogP contribution in [0.4, 0.5) is 5.69 Å². The number of aryl methyl sites for hydroxylation is 1. The minimum absolute atomic E-state index is 0.0887. The van der Waals surface area contributed by atoms with E-state index in [1.807, 2.05) is 13.8 Å². The maximum absolute atomic E-state index is 12.5. The predicted octanol–water partition coefficient (Wildman–Crippen LogP) is 1.88. The smallest absolute Gasteiger partial charge is 0.227 e. The number of carbonyl (C=O) groups is 1. The molecule has 0 aliphatic carbocycles. The first kappa shape index (κ1) is 15.8. The summed E-state index contributed by atoms with van der Waals surface area (Å²) in [6, 6.07) is 4.92. The van der Waals surface area contributed by atoms with Crippen LogP contribution in [-0.2, 0) is 14.6 Å². The zero-order chi connectivity index (χ0) is 15.6. The summed E-state index contributed by atoms with van der Waals surface area (Å²) in [4.78, 5) is 14.1. The Kier molecular flexibility index (Phi) is 4.56. The number of phenolic OH excluding ortho intramolecular Hbond substituents is 1. The Hall–Kier alpha value is -1.56. The largest absolute Gasteiger partial charge is 0.508 e. The Bertz CT molecular complexity index is 639. The van der Waals surface area contributed by atoms with E-state index in [0.717, 1.165) is 5.56 Å². The average molecular weight is 311 g/mol. The third-order valence-electron chi connectivity index (χ3n) is 3.89. The molecule has 0 bridgehead atoms. The van der Waals surface area contributed by atoms with Crippen molar-refractivity contribution in [3.05, 3.63) is 23.8 Å². The SMILES string of the molecule is CCN(C(=O)CC1CCS(=O)(=O)C1)c1cc(O)ccc1C. The van der Waals surface area contributed by atoms with Gasteiger partial charge in [-0.05, 0) is 37.8 Å². The Morgan fingerprint density at radius 3 is 2.71 bits per heavy atom. The third-order valence-corrected chi connectivity index (χ3v) is 5.73. The number of rotatable bonds is 4. The number of sulfone groups is 1. The van der Waals surface area contributed by atoms with Crippen LogP contribution in [0.3, 0.4) is 0 Å². The molecule has 116 valence electrons. The molecule has 1 N–H and O–H groups in total. The lowest BCUT2D eigenvalue weighted by molar-refractivity contribution is -0.119. The van der Waals surface area contributed by atoms with Crippen molar-refractivity contribution >= 4 is 21.4 Å². The van der Waals surface area contributed by atoms with Crippen molar-refractivity contribution in [1.82, 2.24) is 0 Å². The Labute approximate surface area is 125 Å². The molecule has 1 heterocycles. The second-order valence-electron chi connectivity index (χ2n) is 5.58. The van der Waals surface area contributed by atoms with Gasteiger partial charge in [-0.3, -0.25) is 4.79 Å². The normalized spacial score (nSPS) is 20.4. The zero-order valence-electron chi connectivity index (χ0n) is 12.4. The van der Waals surface area contributed by atoms with Gasteiger partial charge in [0.1, 0.15) is 5.75 Å². The number of aromatic hydroxyl groups is 1. The highest BCUT2D eigenvalue weighted by Gasteiger charge is 2.31. The molecule has 0 radical (unpaired) electrons. The summed E-state index contributed by atoms with van der Waals surface area (Å²) in [5.41, 5.74) is 1.59. The summed E-state index contributed by atoms with van der Waals surface area (Å²) in [6.07, 6.45) is 0.798. The van der Waals surface area contributed by atoms with Crippen molar-refractivity contribution in [2.75, 3.05) is 23.0 Å². The molecule has 0 spiro atoms. The van der Waals surface area contributed by atoms with Crippen LogP contribution < -0.4 is 4.90 Å². The number of hydrogen-bond acceptors (Lipinski definition) is 4. The number of nitrogens with zero attached hydrogens (tertiary/aromatic N) is 1. The van der Waals surface area contributed by atoms with Crippen molar-refractivity contribution in [2.24, 2.45) is 5.92 Å². The molecule has 1 saturated heterocycles. The van der Waals surface area contributed by atoms with Gasteiger partial charge in [-0.2, -0.15) is 0 Å². The van der Waals surface area contributed by atoms with E-state index < -0.39 is 9.84 Å². The minimum atomic E-state index is -2.96. The number of phenols is 1. The molecule has 5 nitrogen and oxygen atoms in total. The van der Waals surface area contributed by atoms with Crippen LogP contribution in [0.2, 0.25) is 0 Å². The van der Waals surface area contributed by atoms with E-state index in [0.29, 0.717) is 18.7 Å². The fraction of sp³-hybridized carbons (Fsp3) is 0.533. The van der Waals surface area contributed by atoms with Crippen molar-refractivity contribution in [3.8, 4) is 5.75 Å². The van der Waals surface area contributed by atoms with Gasteiger partial charge in [-0.15, -0.1) is 0 Å². The number of hydrogen-bond donors (Lipinski definition) is 1. The molecule has 6 heteroatoms. The van der Waals surface area contributed by atoms with Crippen molar-refractivity contribution in [1.29, 1.82) is 0 Å². The molecule has 21 heavy (non-hydrogen) atoms. The van der Waals surface area contributed by atoms with Crippen LogP contribution in [0.25, 0.3) is 0 Å². The summed E-state index contributed by atoms with van der Waals surface area (Å²) >= 11 is 0. The maximum atomic E-state index is 12.5. The fourth-order valence-corrected chi connectivity index (χ4v) is 4.62. The molecule has 1 aliphatic heterocycles. The van der Waals surface area contributed by atoms with Crippen LogP contribution in [0.5, 0.6) is 5.75 Å². The van der Waals surface area contributed by atoms with E-state index in [9.17, 15) is 18.3 Å². The van der Waals surface area contributed by atoms with Crippen LogP contribution in [0, 0.1) is 12.8 Å². The molecular formula is C15H21NO4S. The number of amides is 1. The number of carbonyl (C=O) groups excluding carboxylic acids is 1. The van der Waals surface area contributed by atoms with Gasteiger partial charge in [0.25, 0.3) is 0 Å². The molecule has 1 amide bonds. The topological polar surface area (TPSA) is 74.7 Å². The highest BCUT2D eigenvalue weighted by Crippen LogP contribution is 2.28. The van der Waals surface area contributed by atoms with Gasteiger partial charge in [0.15, 0.2) is 9.84 Å². The van der Waals surface area contributed by atoms with Gasteiger partial charge < -0.3 is 10.0 Å². The monoisotopic (exact) mass is 311 g/mol.